The van der Waals surface area contributed by atoms with Gasteiger partial charge in [0.05, 0.1) is 13.2 Å². The van der Waals surface area contributed by atoms with E-state index in [2.05, 4.69) is 29.4 Å². The highest BCUT2D eigenvalue weighted by molar-refractivity contribution is 5.56. The van der Waals surface area contributed by atoms with E-state index in [0.717, 1.165) is 44.2 Å². The van der Waals surface area contributed by atoms with Gasteiger partial charge in [0.15, 0.2) is 11.5 Å². The molecule has 0 spiro atoms. The third-order valence-electron chi connectivity index (χ3n) is 3.83. The van der Waals surface area contributed by atoms with Crippen LogP contribution >= 0.6 is 0 Å². The second-order valence-electron chi connectivity index (χ2n) is 5.36. The SMILES string of the molecule is CN(CC1CCCN1)c1ccc2c(c1)OCCCO2. The van der Waals surface area contributed by atoms with Crippen LogP contribution in [0.3, 0.4) is 0 Å². The highest BCUT2D eigenvalue weighted by Gasteiger charge is 2.17. The fourth-order valence-electron chi connectivity index (χ4n) is 2.74. The Morgan fingerprint density at radius 1 is 1.21 bits per heavy atom. The number of nitrogens with zero attached hydrogens (tertiary/aromatic N) is 1. The Morgan fingerprint density at radius 3 is 2.84 bits per heavy atom. The first-order valence-electron chi connectivity index (χ1n) is 7.17. The van der Waals surface area contributed by atoms with Gasteiger partial charge in [-0.15, -0.1) is 0 Å². The fourth-order valence-corrected chi connectivity index (χ4v) is 2.74. The Kier molecular flexibility index (Phi) is 3.78. The molecule has 4 heteroatoms. The molecule has 1 N–H and O–H groups in total. The molecule has 4 nitrogen and oxygen atoms in total. The molecule has 0 bridgehead atoms. The van der Waals surface area contributed by atoms with Crippen molar-refractivity contribution in [3.8, 4) is 11.5 Å². The molecular formula is C15H22N2O2. The van der Waals surface area contributed by atoms with E-state index < -0.39 is 0 Å². The van der Waals surface area contributed by atoms with Crippen LogP contribution in [0.25, 0.3) is 0 Å². The second kappa shape index (κ2) is 5.70. The van der Waals surface area contributed by atoms with Gasteiger partial charge in [-0.1, -0.05) is 0 Å². The molecule has 2 aliphatic heterocycles. The number of fused-ring (bicyclic) bond motifs is 1. The summed E-state index contributed by atoms with van der Waals surface area (Å²) in [6.07, 6.45) is 3.51. The lowest BCUT2D eigenvalue weighted by Gasteiger charge is -2.24. The Hall–Kier alpha value is -1.42. The fraction of sp³-hybridized carbons (Fsp3) is 0.600. The molecule has 1 unspecified atom stereocenters. The third kappa shape index (κ3) is 2.95. The number of ether oxygens (including phenoxy) is 2. The number of nitrogens with one attached hydrogen (secondary N) is 1. The average Bonchev–Trinajstić information content (AvgIpc) is 2.81. The normalized spacial score (nSPS) is 22.1. The lowest BCUT2D eigenvalue weighted by Crippen LogP contribution is -2.35. The second-order valence-corrected chi connectivity index (χ2v) is 5.36. The van der Waals surface area contributed by atoms with Crippen molar-refractivity contribution in [3.05, 3.63) is 18.2 Å². The van der Waals surface area contributed by atoms with Crippen LogP contribution in [-0.2, 0) is 0 Å². The van der Waals surface area contributed by atoms with Gasteiger partial charge in [0.1, 0.15) is 0 Å². The minimum Gasteiger partial charge on any atom is -0.490 e. The lowest BCUT2D eigenvalue weighted by atomic mass is 10.2. The zero-order valence-corrected chi connectivity index (χ0v) is 11.5. The summed E-state index contributed by atoms with van der Waals surface area (Å²) in [5.41, 5.74) is 1.19. The first-order valence-corrected chi connectivity index (χ1v) is 7.17. The Morgan fingerprint density at radius 2 is 2.05 bits per heavy atom. The predicted molar refractivity (Wildman–Crippen MR) is 76.3 cm³/mol. The average molecular weight is 262 g/mol. The molecule has 0 amide bonds. The van der Waals surface area contributed by atoms with Gasteiger partial charge in [0.25, 0.3) is 0 Å². The molecule has 2 heterocycles. The number of hydrogen-bond donors (Lipinski definition) is 1. The van der Waals surface area contributed by atoms with Crippen molar-refractivity contribution in [1.82, 2.24) is 5.32 Å². The molecule has 1 saturated heterocycles. The standard InChI is InChI=1S/C15H22N2O2/c1-17(11-12-4-2-7-16-12)13-5-6-14-15(10-13)19-9-3-8-18-14/h5-6,10,12,16H,2-4,7-9,11H2,1H3. The maximum absolute atomic E-state index is 5.74. The molecule has 0 saturated carbocycles. The predicted octanol–water partition coefficient (Wildman–Crippen LogP) is 2.04. The smallest absolute Gasteiger partial charge is 0.163 e. The molecule has 0 aromatic heterocycles. The topological polar surface area (TPSA) is 33.7 Å². The molecule has 2 aliphatic rings. The quantitative estimate of drug-likeness (QED) is 0.904. The van der Waals surface area contributed by atoms with Crippen LogP contribution in [-0.4, -0.2) is 39.4 Å². The van der Waals surface area contributed by atoms with E-state index >= 15 is 0 Å². The van der Waals surface area contributed by atoms with Crippen molar-refractivity contribution >= 4 is 5.69 Å². The molecule has 0 radical (unpaired) electrons. The van der Waals surface area contributed by atoms with Crippen molar-refractivity contribution in [1.29, 1.82) is 0 Å². The number of rotatable bonds is 3. The Labute approximate surface area is 114 Å². The van der Waals surface area contributed by atoms with Gasteiger partial charge < -0.3 is 19.7 Å². The summed E-state index contributed by atoms with van der Waals surface area (Å²) in [6.45, 7) is 3.68. The molecule has 104 valence electrons. The summed E-state index contributed by atoms with van der Waals surface area (Å²) in [4.78, 5) is 2.29. The van der Waals surface area contributed by atoms with Gasteiger partial charge in [-0.25, -0.2) is 0 Å². The summed E-state index contributed by atoms with van der Waals surface area (Å²) in [7, 11) is 2.14. The van der Waals surface area contributed by atoms with E-state index in [1.165, 1.54) is 18.5 Å². The number of hydrogen-bond acceptors (Lipinski definition) is 4. The number of benzene rings is 1. The van der Waals surface area contributed by atoms with Crippen molar-refractivity contribution in [3.63, 3.8) is 0 Å². The van der Waals surface area contributed by atoms with Crippen LogP contribution in [0.5, 0.6) is 11.5 Å². The maximum atomic E-state index is 5.74. The van der Waals surface area contributed by atoms with Crippen LogP contribution in [0, 0.1) is 0 Å². The molecule has 19 heavy (non-hydrogen) atoms. The lowest BCUT2D eigenvalue weighted by molar-refractivity contribution is 0.297. The zero-order valence-electron chi connectivity index (χ0n) is 11.5. The van der Waals surface area contributed by atoms with Crippen LogP contribution < -0.4 is 19.7 Å². The van der Waals surface area contributed by atoms with Gasteiger partial charge >= 0.3 is 0 Å². The molecule has 1 aromatic rings. The van der Waals surface area contributed by atoms with Gasteiger partial charge in [-0.3, -0.25) is 0 Å². The van der Waals surface area contributed by atoms with Crippen molar-refractivity contribution in [2.24, 2.45) is 0 Å². The molecule has 1 atom stereocenters. The van der Waals surface area contributed by atoms with E-state index in [-0.39, 0.29) is 0 Å². The Bertz CT molecular complexity index is 430. The first-order chi connectivity index (χ1) is 9.33. The highest BCUT2D eigenvalue weighted by Crippen LogP contribution is 2.33. The van der Waals surface area contributed by atoms with Crippen LogP contribution in [0.2, 0.25) is 0 Å². The summed E-state index contributed by atoms with van der Waals surface area (Å²) < 4.78 is 11.4. The minimum absolute atomic E-state index is 0.612. The highest BCUT2D eigenvalue weighted by atomic mass is 16.5. The van der Waals surface area contributed by atoms with Crippen LogP contribution in [0.1, 0.15) is 19.3 Å². The first kappa shape index (κ1) is 12.6. The number of likely N-dealkylation sites (N-methyl/N-ethyl adjacent to an activating group) is 1. The van der Waals surface area contributed by atoms with Gasteiger partial charge in [0.2, 0.25) is 0 Å². The van der Waals surface area contributed by atoms with Crippen molar-refractivity contribution in [2.75, 3.05) is 38.3 Å². The summed E-state index contributed by atoms with van der Waals surface area (Å²) in [5.74, 6) is 1.75. The van der Waals surface area contributed by atoms with Crippen LogP contribution in [0.15, 0.2) is 18.2 Å². The largest absolute Gasteiger partial charge is 0.490 e. The molecular weight excluding hydrogens is 240 g/mol. The molecule has 1 fully saturated rings. The zero-order chi connectivity index (χ0) is 13.1. The van der Waals surface area contributed by atoms with Crippen molar-refractivity contribution in [2.45, 2.75) is 25.3 Å². The van der Waals surface area contributed by atoms with Gasteiger partial charge in [-0.05, 0) is 31.5 Å². The monoisotopic (exact) mass is 262 g/mol. The maximum Gasteiger partial charge on any atom is 0.163 e. The molecule has 1 aromatic carbocycles. The van der Waals surface area contributed by atoms with Gasteiger partial charge in [-0.2, -0.15) is 0 Å². The van der Waals surface area contributed by atoms with Crippen molar-refractivity contribution < 1.29 is 9.47 Å². The molecule has 3 rings (SSSR count). The summed E-state index contributed by atoms with van der Waals surface area (Å²) in [6, 6.07) is 6.84. The van der Waals surface area contributed by atoms with E-state index in [1.807, 2.05) is 6.07 Å². The Balaban J connectivity index is 1.71. The number of anilines is 1. The third-order valence-corrected chi connectivity index (χ3v) is 3.83. The van der Waals surface area contributed by atoms with E-state index in [9.17, 15) is 0 Å². The molecule has 0 aliphatic carbocycles. The van der Waals surface area contributed by atoms with E-state index in [4.69, 9.17) is 9.47 Å². The van der Waals surface area contributed by atoms with E-state index in [1.54, 1.807) is 0 Å². The van der Waals surface area contributed by atoms with Crippen LogP contribution in [0.4, 0.5) is 5.69 Å². The van der Waals surface area contributed by atoms with Gasteiger partial charge in [0, 0.05) is 37.8 Å². The minimum atomic E-state index is 0.612. The summed E-state index contributed by atoms with van der Waals surface area (Å²) in [5, 5.41) is 3.53. The summed E-state index contributed by atoms with van der Waals surface area (Å²) >= 11 is 0. The van der Waals surface area contributed by atoms with E-state index in [0.29, 0.717) is 6.04 Å².